The van der Waals surface area contributed by atoms with Gasteiger partial charge in [0.2, 0.25) is 0 Å². The summed E-state index contributed by atoms with van der Waals surface area (Å²) in [7, 11) is 0. The molecule has 0 unspecified atom stereocenters. The molecule has 0 spiro atoms. The van der Waals surface area contributed by atoms with Crippen LogP contribution in [-0.4, -0.2) is 19.2 Å². The van der Waals surface area contributed by atoms with Crippen LogP contribution in [0.15, 0.2) is 12.8 Å². The third kappa shape index (κ3) is 7.01. The third-order valence-corrected chi connectivity index (χ3v) is 0.624. The Morgan fingerprint density at radius 3 is 2.78 bits per heavy atom. The summed E-state index contributed by atoms with van der Waals surface area (Å²) in [5.74, 6) is -0.289. The van der Waals surface area contributed by atoms with Crippen molar-refractivity contribution in [1.82, 2.24) is 0 Å². The molecule has 0 aliphatic rings. The fraction of sp³-hybridized carbons (Fsp3) is 0.500. The van der Waals surface area contributed by atoms with Gasteiger partial charge in [-0.2, -0.15) is 0 Å². The Balaban J connectivity index is 2.91. The van der Waals surface area contributed by atoms with Crippen molar-refractivity contribution in [3.63, 3.8) is 0 Å². The van der Waals surface area contributed by atoms with Gasteiger partial charge in [-0.05, 0) is 0 Å². The molecule has 0 aliphatic heterocycles. The van der Waals surface area contributed by atoms with Gasteiger partial charge in [-0.3, -0.25) is 4.79 Å². The number of ether oxygens (including phenoxy) is 2. The number of carbonyl (C=O) groups is 1. The summed E-state index contributed by atoms with van der Waals surface area (Å²) in [6, 6.07) is 0. The van der Waals surface area contributed by atoms with Crippen LogP contribution < -0.4 is 0 Å². The highest BCUT2D eigenvalue weighted by Crippen LogP contribution is 1.78. The van der Waals surface area contributed by atoms with Crippen LogP contribution in [0.4, 0.5) is 0 Å². The van der Waals surface area contributed by atoms with Crippen LogP contribution in [0.2, 0.25) is 0 Å². The summed E-state index contributed by atoms with van der Waals surface area (Å²) in [4.78, 5) is 10.1. The van der Waals surface area contributed by atoms with Crippen LogP contribution in [0.1, 0.15) is 6.92 Å². The Kier molecular flexibility index (Phi) is 4.59. The lowest BCUT2D eigenvalue weighted by Gasteiger charge is -1.99. The monoisotopic (exact) mass is 130 g/mol. The molecule has 0 rings (SSSR count). The van der Waals surface area contributed by atoms with E-state index in [9.17, 15) is 4.79 Å². The molecule has 0 radical (unpaired) electrons. The number of hydrogen-bond donors (Lipinski definition) is 0. The van der Waals surface area contributed by atoms with Crippen molar-refractivity contribution in [2.24, 2.45) is 0 Å². The number of rotatable bonds is 4. The average molecular weight is 130 g/mol. The van der Waals surface area contributed by atoms with E-state index in [2.05, 4.69) is 16.1 Å². The molecule has 0 bridgehead atoms. The molecule has 3 nitrogen and oxygen atoms in total. The van der Waals surface area contributed by atoms with Crippen molar-refractivity contribution >= 4 is 5.97 Å². The molecule has 0 atom stereocenters. The Bertz CT molecular complexity index is 98.5. The van der Waals surface area contributed by atoms with Crippen molar-refractivity contribution in [2.75, 3.05) is 13.2 Å². The second kappa shape index (κ2) is 5.15. The maximum absolute atomic E-state index is 10.1. The van der Waals surface area contributed by atoms with Crippen molar-refractivity contribution < 1.29 is 14.3 Å². The lowest BCUT2D eigenvalue weighted by Crippen LogP contribution is -2.04. The van der Waals surface area contributed by atoms with Gasteiger partial charge in [-0.15, -0.1) is 0 Å². The maximum atomic E-state index is 10.1. The predicted octanol–water partition coefficient (Wildman–Crippen LogP) is 0.710. The van der Waals surface area contributed by atoms with E-state index in [1.807, 2.05) is 0 Å². The van der Waals surface area contributed by atoms with Crippen LogP contribution in [0.5, 0.6) is 0 Å². The minimum absolute atomic E-state index is 0.289. The van der Waals surface area contributed by atoms with E-state index in [0.29, 0.717) is 13.2 Å². The highest BCUT2D eigenvalue weighted by molar-refractivity contribution is 5.65. The Labute approximate surface area is 54.3 Å². The number of carbonyl (C=O) groups excluding carboxylic acids is 1. The van der Waals surface area contributed by atoms with E-state index in [1.165, 1.54) is 13.2 Å². The van der Waals surface area contributed by atoms with Crippen LogP contribution in [0, 0.1) is 0 Å². The molecule has 3 heteroatoms. The second-order valence-electron chi connectivity index (χ2n) is 1.38. The van der Waals surface area contributed by atoms with Crippen molar-refractivity contribution in [3.05, 3.63) is 12.8 Å². The molecule has 52 valence electrons. The van der Waals surface area contributed by atoms with Crippen LogP contribution in [-0.2, 0) is 14.3 Å². The molecule has 0 heterocycles. The fourth-order valence-electron chi connectivity index (χ4n) is 0.317. The summed E-state index contributed by atoms with van der Waals surface area (Å²) >= 11 is 0. The van der Waals surface area contributed by atoms with Gasteiger partial charge in [0.25, 0.3) is 0 Å². The molecule has 0 aliphatic carbocycles. The average Bonchev–Trinajstić information content (AvgIpc) is 1.80. The first-order chi connectivity index (χ1) is 4.27. The molecule has 9 heavy (non-hydrogen) atoms. The number of esters is 1. The zero-order valence-corrected chi connectivity index (χ0v) is 5.42. The van der Waals surface area contributed by atoms with Gasteiger partial charge in [0.15, 0.2) is 0 Å². The minimum Gasteiger partial charge on any atom is -0.498 e. The molecular weight excluding hydrogens is 120 g/mol. The Hall–Kier alpha value is -0.990. The second-order valence-corrected chi connectivity index (χ2v) is 1.38. The molecule has 0 fully saturated rings. The van der Waals surface area contributed by atoms with Crippen molar-refractivity contribution in [2.45, 2.75) is 6.92 Å². The first kappa shape index (κ1) is 8.01. The zero-order valence-electron chi connectivity index (χ0n) is 5.42. The first-order valence-electron chi connectivity index (χ1n) is 2.63. The van der Waals surface area contributed by atoms with E-state index in [1.54, 1.807) is 0 Å². The number of hydrogen-bond acceptors (Lipinski definition) is 3. The van der Waals surface area contributed by atoms with Gasteiger partial charge >= 0.3 is 5.97 Å². The quantitative estimate of drug-likeness (QED) is 0.319. The molecule has 0 aromatic heterocycles. The van der Waals surface area contributed by atoms with Crippen LogP contribution in [0.3, 0.4) is 0 Å². The largest absolute Gasteiger partial charge is 0.498 e. The lowest BCUT2D eigenvalue weighted by molar-refractivity contribution is -0.141. The van der Waals surface area contributed by atoms with Gasteiger partial charge in [0.05, 0.1) is 6.26 Å². The SMILES string of the molecule is C=COCCOC(C)=O. The topological polar surface area (TPSA) is 35.5 Å². The van der Waals surface area contributed by atoms with E-state index < -0.39 is 0 Å². The fourth-order valence-corrected chi connectivity index (χ4v) is 0.317. The smallest absolute Gasteiger partial charge is 0.302 e. The standard InChI is InChI=1S/C6H10O3/c1-3-8-4-5-9-6(2)7/h3H,1,4-5H2,2H3. The Morgan fingerprint density at radius 1 is 1.67 bits per heavy atom. The van der Waals surface area contributed by atoms with E-state index in [-0.39, 0.29) is 5.97 Å². The highest BCUT2D eigenvalue weighted by Gasteiger charge is 1.89. The van der Waals surface area contributed by atoms with E-state index in [4.69, 9.17) is 0 Å². The summed E-state index contributed by atoms with van der Waals surface area (Å²) in [5.41, 5.74) is 0. The van der Waals surface area contributed by atoms with Crippen LogP contribution >= 0.6 is 0 Å². The summed E-state index contributed by atoms with van der Waals surface area (Å²) in [6.45, 7) is 5.34. The zero-order chi connectivity index (χ0) is 7.11. The van der Waals surface area contributed by atoms with Crippen LogP contribution in [0.25, 0.3) is 0 Å². The van der Waals surface area contributed by atoms with E-state index >= 15 is 0 Å². The molecule has 0 saturated heterocycles. The minimum atomic E-state index is -0.289. The van der Waals surface area contributed by atoms with E-state index in [0.717, 1.165) is 0 Å². The van der Waals surface area contributed by atoms with Crippen molar-refractivity contribution in [1.29, 1.82) is 0 Å². The summed E-state index contributed by atoms with van der Waals surface area (Å²) in [5, 5.41) is 0. The third-order valence-electron chi connectivity index (χ3n) is 0.624. The molecule has 0 saturated carbocycles. The van der Waals surface area contributed by atoms with Gasteiger partial charge in [0, 0.05) is 6.92 Å². The molecule has 0 aromatic carbocycles. The maximum Gasteiger partial charge on any atom is 0.302 e. The molecule has 0 amide bonds. The first-order valence-corrected chi connectivity index (χ1v) is 2.63. The Morgan fingerprint density at radius 2 is 2.33 bits per heavy atom. The normalized spacial score (nSPS) is 8.11. The lowest BCUT2D eigenvalue weighted by atomic mass is 10.7. The van der Waals surface area contributed by atoms with Gasteiger partial charge < -0.3 is 9.47 Å². The highest BCUT2D eigenvalue weighted by atomic mass is 16.6. The summed E-state index contributed by atoms with van der Waals surface area (Å²) < 4.78 is 9.20. The van der Waals surface area contributed by atoms with Crippen molar-refractivity contribution in [3.8, 4) is 0 Å². The summed E-state index contributed by atoms with van der Waals surface area (Å²) in [6.07, 6.45) is 1.31. The predicted molar refractivity (Wildman–Crippen MR) is 32.8 cm³/mol. The van der Waals surface area contributed by atoms with Gasteiger partial charge in [-0.1, -0.05) is 6.58 Å². The van der Waals surface area contributed by atoms with Gasteiger partial charge in [0.1, 0.15) is 13.2 Å². The molecule has 0 N–H and O–H groups in total. The van der Waals surface area contributed by atoms with Gasteiger partial charge in [-0.25, -0.2) is 0 Å². The molecular formula is C6H10O3. The molecule has 0 aromatic rings.